The summed E-state index contributed by atoms with van der Waals surface area (Å²) in [6.45, 7) is 0. The number of nitrogens with zero attached hydrogens (tertiary/aromatic N) is 2. The molecule has 0 bridgehead atoms. The van der Waals surface area contributed by atoms with Crippen LogP contribution in [0.15, 0.2) is 58.3 Å². The highest BCUT2D eigenvalue weighted by atomic mass is 79.9. The van der Waals surface area contributed by atoms with Gasteiger partial charge in [-0.2, -0.15) is 0 Å². The van der Waals surface area contributed by atoms with Gasteiger partial charge in [0.25, 0.3) is 0 Å². The van der Waals surface area contributed by atoms with Gasteiger partial charge in [0.1, 0.15) is 17.2 Å². The molecule has 20 heavy (non-hydrogen) atoms. The van der Waals surface area contributed by atoms with Crippen LogP contribution in [0.1, 0.15) is 5.56 Å². The van der Waals surface area contributed by atoms with Gasteiger partial charge in [0, 0.05) is 15.6 Å². The van der Waals surface area contributed by atoms with E-state index in [1.165, 1.54) is 17.8 Å². The predicted octanol–water partition coefficient (Wildman–Crippen LogP) is 4.82. The highest BCUT2D eigenvalue weighted by molar-refractivity contribution is 9.10. The minimum atomic E-state index is -0.203. The molecule has 0 saturated heterocycles. The van der Waals surface area contributed by atoms with Gasteiger partial charge in [-0.3, -0.25) is 0 Å². The standard InChI is InChI=1S/C15H10BrFN2S/c16-11-6-5-10(13(17)7-11)8-20-15-12-3-1-2-4-14(12)18-9-19-15/h1-7,9H,8H2. The van der Waals surface area contributed by atoms with Crippen LogP contribution in [0.3, 0.4) is 0 Å². The van der Waals surface area contributed by atoms with Crippen LogP contribution in [-0.4, -0.2) is 9.97 Å². The Morgan fingerprint density at radius 2 is 1.95 bits per heavy atom. The lowest BCUT2D eigenvalue weighted by Gasteiger charge is -2.06. The van der Waals surface area contributed by atoms with E-state index in [0.717, 1.165) is 20.4 Å². The highest BCUT2D eigenvalue weighted by Gasteiger charge is 2.07. The fourth-order valence-corrected chi connectivity index (χ4v) is 3.19. The first kappa shape index (κ1) is 13.5. The van der Waals surface area contributed by atoms with Gasteiger partial charge in [-0.05, 0) is 23.8 Å². The van der Waals surface area contributed by atoms with E-state index in [-0.39, 0.29) is 5.82 Å². The largest absolute Gasteiger partial charge is 0.236 e. The second-order valence-electron chi connectivity index (χ2n) is 4.22. The molecule has 3 aromatic rings. The Kier molecular flexibility index (Phi) is 3.98. The Morgan fingerprint density at radius 3 is 2.80 bits per heavy atom. The topological polar surface area (TPSA) is 25.8 Å². The van der Waals surface area contributed by atoms with Crippen molar-refractivity contribution in [3.05, 3.63) is 64.6 Å². The zero-order valence-corrected chi connectivity index (χ0v) is 12.8. The van der Waals surface area contributed by atoms with Gasteiger partial charge in [0.2, 0.25) is 0 Å². The molecule has 5 heteroatoms. The van der Waals surface area contributed by atoms with Crippen LogP contribution in [0.4, 0.5) is 4.39 Å². The number of thioether (sulfide) groups is 1. The van der Waals surface area contributed by atoms with Gasteiger partial charge in [0.15, 0.2) is 0 Å². The molecular weight excluding hydrogens is 339 g/mol. The summed E-state index contributed by atoms with van der Waals surface area (Å²) in [5.74, 6) is 0.338. The van der Waals surface area contributed by atoms with Crippen molar-refractivity contribution < 1.29 is 4.39 Å². The number of para-hydroxylation sites is 1. The molecule has 0 fully saturated rings. The molecule has 0 radical (unpaired) electrons. The van der Waals surface area contributed by atoms with E-state index in [2.05, 4.69) is 25.9 Å². The molecule has 2 nitrogen and oxygen atoms in total. The van der Waals surface area contributed by atoms with E-state index in [1.54, 1.807) is 12.4 Å². The first-order chi connectivity index (χ1) is 9.74. The normalized spacial score (nSPS) is 10.9. The van der Waals surface area contributed by atoms with Crippen LogP contribution in [-0.2, 0) is 5.75 Å². The van der Waals surface area contributed by atoms with Crippen LogP contribution in [0, 0.1) is 5.82 Å². The molecule has 0 saturated carbocycles. The molecule has 0 N–H and O–H groups in total. The number of hydrogen-bond acceptors (Lipinski definition) is 3. The molecule has 3 rings (SSSR count). The number of aromatic nitrogens is 2. The summed E-state index contributed by atoms with van der Waals surface area (Å²) in [5.41, 5.74) is 1.57. The van der Waals surface area contributed by atoms with Gasteiger partial charge in [0.05, 0.1) is 5.52 Å². The number of halogens is 2. The maximum atomic E-state index is 13.8. The fourth-order valence-electron chi connectivity index (χ4n) is 1.88. The van der Waals surface area contributed by atoms with E-state index >= 15 is 0 Å². The molecule has 0 aliphatic heterocycles. The minimum absolute atomic E-state index is 0.203. The maximum Gasteiger partial charge on any atom is 0.128 e. The molecule has 0 unspecified atom stereocenters. The molecule has 0 spiro atoms. The SMILES string of the molecule is Fc1cc(Br)ccc1CSc1ncnc2ccccc12. The van der Waals surface area contributed by atoms with Gasteiger partial charge in [-0.25, -0.2) is 14.4 Å². The van der Waals surface area contributed by atoms with Crippen molar-refractivity contribution in [2.75, 3.05) is 0 Å². The molecule has 2 aromatic carbocycles. The Balaban J connectivity index is 1.87. The molecular formula is C15H10BrFN2S. The zero-order chi connectivity index (χ0) is 13.9. The Morgan fingerprint density at radius 1 is 1.10 bits per heavy atom. The summed E-state index contributed by atoms with van der Waals surface area (Å²) in [4.78, 5) is 8.51. The lowest BCUT2D eigenvalue weighted by atomic mass is 10.2. The third kappa shape index (κ3) is 2.83. The average Bonchev–Trinajstić information content (AvgIpc) is 2.46. The third-order valence-corrected chi connectivity index (χ3v) is 4.43. The smallest absolute Gasteiger partial charge is 0.128 e. The molecule has 1 heterocycles. The van der Waals surface area contributed by atoms with E-state index in [0.29, 0.717) is 11.3 Å². The van der Waals surface area contributed by atoms with Crippen LogP contribution >= 0.6 is 27.7 Å². The third-order valence-electron chi connectivity index (χ3n) is 2.89. The Hall–Kier alpha value is -1.46. The van der Waals surface area contributed by atoms with Crippen LogP contribution < -0.4 is 0 Å². The Bertz CT molecular complexity index is 758. The van der Waals surface area contributed by atoms with Crippen LogP contribution in [0.5, 0.6) is 0 Å². The first-order valence-corrected chi connectivity index (χ1v) is 7.78. The van der Waals surface area contributed by atoms with E-state index in [1.807, 2.05) is 30.3 Å². The summed E-state index contributed by atoms with van der Waals surface area (Å²) >= 11 is 4.77. The molecule has 0 atom stereocenters. The zero-order valence-electron chi connectivity index (χ0n) is 10.4. The first-order valence-electron chi connectivity index (χ1n) is 6.00. The fraction of sp³-hybridized carbons (Fsp3) is 0.0667. The van der Waals surface area contributed by atoms with E-state index < -0.39 is 0 Å². The second kappa shape index (κ2) is 5.89. The number of fused-ring (bicyclic) bond motifs is 1. The van der Waals surface area contributed by atoms with Crippen molar-refractivity contribution in [3.63, 3.8) is 0 Å². The van der Waals surface area contributed by atoms with Crippen molar-refractivity contribution in [1.82, 2.24) is 9.97 Å². The van der Waals surface area contributed by atoms with Crippen molar-refractivity contribution >= 4 is 38.6 Å². The summed E-state index contributed by atoms with van der Waals surface area (Å²) in [5, 5.41) is 1.87. The average molecular weight is 349 g/mol. The summed E-state index contributed by atoms with van der Waals surface area (Å²) in [7, 11) is 0. The van der Waals surface area contributed by atoms with Crippen LogP contribution in [0.2, 0.25) is 0 Å². The van der Waals surface area contributed by atoms with Gasteiger partial charge >= 0.3 is 0 Å². The second-order valence-corrected chi connectivity index (χ2v) is 6.10. The van der Waals surface area contributed by atoms with E-state index in [4.69, 9.17) is 0 Å². The van der Waals surface area contributed by atoms with Gasteiger partial charge in [-0.1, -0.05) is 40.2 Å². The van der Waals surface area contributed by atoms with E-state index in [9.17, 15) is 4.39 Å². The summed E-state index contributed by atoms with van der Waals surface area (Å²) in [6.07, 6.45) is 1.54. The summed E-state index contributed by atoms with van der Waals surface area (Å²) in [6, 6.07) is 12.9. The lowest BCUT2D eigenvalue weighted by molar-refractivity contribution is 0.616. The van der Waals surface area contributed by atoms with Gasteiger partial charge in [-0.15, -0.1) is 11.8 Å². The molecule has 0 aliphatic rings. The minimum Gasteiger partial charge on any atom is -0.236 e. The molecule has 0 amide bonds. The molecule has 1 aromatic heterocycles. The monoisotopic (exact) mass is 348 g/mol. The Labute approximate surface area is 128 Å². The molecule has 0 aliphatic carbocycles. The highest BCUT2D eigenvalue weighted by Crippen LogP contribution is 2.28. The quantitative estimate of drug-likeness (QED) is 0.501. The number of hydrogen-bond donors (Lipinski definition) is 0. The maximum absolute atomic E-state index is 13.8. The van der Waals surface area contributed by atoms with Crippen molar-refractivity contribution in [2.24, 2.45) is 0 Å². The van der Waals surface area contributed by atoms with Crippen molar-refractivity contribution in [2.45, 2.75) is 10.8 Å². The number of benzene rings is 2. The number of rotatable bonds is 3. The van der Waals surface area contributed by atoms with Crippen molar-refractivity contribution in [3.8, 4) is 0 Å². The molecule has 100 valence electrons. The lowest BCUT2D eigenvalue weighted by Crippen LogP contribution is -1.90. The summed E-state index contributed by atoms with van der Waals surface area (Å²) < 4.78 is 14.5. The van der Waals surface area contributed by atoms with Crippen LogP contribution in [0.25, 0.3) is 10.9 Å². The van der Waals surface area contributed by atoms with Gasteiger partial charge < -0.3 is 0 Å². The predicted molar refractivity (Wildman–Crippen MR) is 83.2 cm³/mol. The van der Waals surface area contributed by atoms with Crippen molar-refractivity contribution in [1.29, 1.82) is 0 Å².